The van der Waals surface area contributed by atoms with Crippen LogP contribution in [-0.2, 0) is 5.60 Å². The largest absolute Gasteiger partial charge is 0.383 e. The topological polar surface area (TPSA) is 36.4 Å². The van der Waals surface area contributed by atoms with Crippen molar-refractivity contribution < 1.29 is 5.11 Å². The Kier molecular flexibility index (Phi) is 4.18. The molecule has 1 fully saturated rings. The summed E-state index contributed by atoms with van der Waals surface area (Å²) in [5.41, 5.74) is 1.70. The molecule has 3 rings (SSSR count). The molecule has 1 N–H and O–H groups in total. The molecule has 1 aliphatic heterocycles. The van der Waals surface area contributed by atoms with Gasteiger partial charge in [0.05, 0.1) is 5.69 Å². The summed E-state index contributed by atoms with van der Waals surface area (Å²) in [6.45, 7) is 3.02. The lowest BCUT2D eigenvalue weighted by Gasteiger charge is -2.38. The van der Waals surface area contributed by atoms with Crippen molar-refractivity contribution in [3.05, 3.63) is 41.7 Å². The van der Waals surface area contributed by atoms with E-state index >= 15 is 0 Å². The van der Waals surface area contributed by atoms with Gasteiger partial charge in [-0.05, 0) is 50.7 Å². The normalized spacial score (nSPS) is 23.4. The van der Waals surface area contributed by atoms with E-state index in [1.165, 1.54) is 25.7 Å². The molecule has 0 bridgehead atoms. The maximum Gasteiger partial charge on any atom is 0.109 e. The molecule has 0 aromatic carbocycles. The minimum absolute atomic E-state index is 0.724. The van der Waals surface area contributed by atoms with Gasteiger partial charge < -0.3 is 5.11 Å². The van der Waals surface area contributed by atoms with Crippen LogP contribution in [0.2, 0.25) is 0 Å². The Morgan fingerprint density at radius 3 is 2.70 bits per heavy atom. The number of hydrogen-bond donors (Lipinski definition) is 1. The first-order valence-corrected chi connectivity index (χ1v) is 7.80. The van der Waals surface area contributed by atoms with Crippen molar-refractivity contribution in [3.8, 4) is 0 Å². The SMILES string of the molecule is OC1(c2ccccn2)CCN(CC2=CCCCC2)CC1. The lowest BCUT2D eigenvalue weighted by Crippen LogP contribution is -2.43. The average molecular weight is 272 g/mol. The van der Waals surface area contributed by atoms with Crippen LogP contribution < -0.4 is 0 Å². The highest BCUT2D eigenvalue weighted by Gasteiger charge is 2.35. The van der Waals surface area contributed by atoms with E-state index in [-0.39, 0.29) is 0 Å². The quantitative estimate of drug-likeness (QED) is 0.860. The number of aromatic nitrogens is 1. The van der Waals surface area contributed by atoms with E-state index < -0.39 is 5.60 Å². The van der Waals surface area contributed by atoms with Crippen molar-refractivity contribution in [2.45, 2.75) is 44.1 Å². The minimum Gasteiger partial charge on any atom is -0.383 e. The fourth-order valence-electron chi connectivity index (χ4n) is 3.31. The maximum atomic E-state index is 10.8. The number of nitrogens with zero attached hydrogens (tertiary/aromatic N) is 2. The third-order valence-corrected chi connectivity index (χ3v) is 4.64. The summed E-state index contributed by atoms with van der Waals surface area (Å²) in [5.74, 6) is 0. The van der Waals surface area contributed by atoms with E-state index in [9.17, 15) is 5.11 Å². The van der Waals surface area contributed by atoms with Gasteiger partial charge in [-0.1, -0.05) is 17.7 Å². The van der Waals surface area contributed by atoms with Gasteiger partial charge in [0.15, 0.2) is 0 Å². The zero-order valence-electron chi connectivity index (χ0n) is 12.1. The third kappa shape index (κ3) is 3.10. The lowest BCUT2D eigenvalue weighted by atomic mass is 9.87. The Balaban J connectivity index is 1.58. The number of rotatable bonds is 3. The summed E-state index contributed by atoms with van der Waals surface area (Å²) in [4.78, 5) is 6.82. The Morgan fingerprint density at radius 2 is 2.05 bits per heavy atom. The number of piperidine rings is 1. The van der Waals surface area contributed by atoms with E-state index in [1.54, 1.807) is 11.8 Å². The Hall–Kier alpha value is -1.19. The second-order valence-corrected chi connectivity index (χ2v) is 6.13. The van der Waals surface area contributed by atoms with Crippen molar-refractivity contribution in [1.82, 2.24) is 9.88 Å². The van der Waals surface area contributed by atoms with Gasteiger partial charge >= 0.3 is 0 Å². The molecule has 20 heavy (non-hydrogen) atoms. The molecule has 0 radical (unpaired) electrons. The molecule has 1 aromatic heterocycles. The van der Waals surface area contributed by atoms with Gasteiger partial charge in [-0.3, -0.25) is 9.88 Å². The number of pyridine rings is 1. The standard InChI is InChI=1S/C17H24N2O/c20-17(16-8-4-5-11-18-16)9-12-19(13-10-17)14-15-6-2-1-3-7-15/h4-6,8,11,20H,1-3,7,9-10,12-14H2. The zero-order valence-corrected chi connectivity index (χ0v) is 12.1. The molecule has 2 heterocycles. The highest BCUT2D eigenvalue weighted by atomic mass is 16.3. The smallest absolute Gasteiger partial charge is 0.109 e. The molecule has 1 aromatic rings. The minimum atomic E-state index is -0.724. The highest BCUT2D eigenvalue weighted by molar-refractivity contribution is 5.15. The van der Waals surface area contributed by atoms with Crippen LogP contribution in [0.25, 0.3) is 0 Å². The van der Waals surface area contributed by atoms with Crippen molar-refractivity contribution in [2.75, 3.05) is 19.6 Å². The molecule has 0 unspecified atom stereocenters. The molecule has 2 aliphatic rings. The fourth-order valence-corrected chi connectivity index (χ4v) is 3.31. The summed E-state index contributed by atoms with van der Waals surface area (Å²) >= 11 is 0. The fraction of sp³-hybridized carbons (Fsp3) is 0.588. The first-order chi connectivity index (χ1) is 9.76. The Bertz CT molecular complexity index is 461. The molecule has 0 atom stereocenters. The maximum absolute atomic E-state index is 10.8. The van der Waals surface area contributed by atoms with E-state index in [0.29, 0.717) is 0 Å². The predicted octanol–water partition coefficient (Wildman–Crippen LogP) is 2.87. The molecule has 3 heteroatoms. The van der Waals surface area contributed by atoms with Crippen LogP contribution >= 0.6 is 0 Å². The van der Waals surface area contributed by atoms with Gasteiger partial charge in [0, 0.05) is 25.8 Å². The molecule has 0 spiro atoms. The molecule has 3 nitrogen and oxygen atoms in total. The second kappa shape index (κ2) is 6.06. The number of aliphatic hydroxyl groups is 1. The molecule has 108 valence electrons. The van der Waals surface area contributed by atoms with Crippen LogP contribution in [0.4, 0.5) is 0 Å². The molecular weight excluding hydrogens is 248 g/mol. The molecule has 0 amide bonds. The van der Waals surface area contributed by atoms with Crippen LogP contribution in [0.1, 0.15) is 44.2 Å². The van der Waals surface area contributed by atoms with E-state index in [1.807, 2.05) is 18.2 Å². The van der Waals surface area contributed by atoms with Crippen LogP contribution in [-0.4, -0.2) is 34.6 Å². The first-order valence-electron chi connectivity index (χ1n) is 7.80. The Labute approximate surface area is 121 Å². The van der Waals surface area contributed by atoms with Crippen molar-refractivity contribution in [1.29, 1.82) is 0 Å². The van der Waals surface area contributed by atoms with E-state index in [0.717, 1.165) is 38.2 Å². The van der Waals surface area contributed by atoms with Crippen molar-refractivity contribution in [2.24, 2.45) is 0 Å². The summed E-state index contributed by atoms with van der Waals surface area (Å²) in [7, 11) is 0. The molecular formula is C17H24N2O. The number of hydrogen-bond acceptors (Lipinski definition) is 3. The van der Waals surface area contributed by atoms with Crippen molar-refractivity contribution >= 4 is 0 Å². The van der Waals surface area contributed by atoms with Crippen LogP contribution in [0, 0.1) is 0 Å². The van der Waals surface area contributed by atoms with Crippen LogP contribution in [0.5, 0.6) is 0 Å². The van der Waals surface area contributed by atoms with Gasteiger partial charge in [0.1, 0.15) is 5.60 Å². The summed E-state index contributed by atoms with van der Waals surface area (Å²) in [5, 5.41) is 10.8. The molecule has 1 aliphatic carbocycles. The summed E-state index contributed by atoms with van der Waals surface area (Å²) in [6, 6.07) is 5.80. The third-order valence-electron chi connectivity index (χ3n) is 4.64. The second-order valence-electron chi connectivity index (χ2n) is 6.13. The number of likely N-dealkylation sites (tertiary alicyclic amines) is 1. The van der Waals surface area contributed by atoms with Gasteiger partial charge in [0.2, 0.25) is 0 Å². The summed E-state index contributed by atoms with van der Waals surface area (Å²) < 4.78 is 0. The van der Waals surface area contributed by atoms with Gasteiger partial charge in [0.25, 0.3) is 0 Å². The molecule has 0 saturated carbocycles. The van der Waals surface area contributed by atoms with E-state index in [4.69, 9.17) is 0 Å². The number of allylic oxidation sites excluding steroid dienone is 1. The first kappa shape index (κ1) is 13.8. The predicted molar refractivity (Wildman–Crippen MR) is 80.4 cm³/mol. The monoisotopic (exact) mass is 272 g/mol. The zero-order chi connectivity index (χ0) is 13.8. The van der Waals surface area contributed by atoms with E-state index in [2.05, 4.69) is 16.0 Å². The van der Waals surface area contributed by atoms with Crippen molar-refractivity contribution in [3.63, 3.8) is 0 Å². The highest BCUT2D eigenvalue weighted by Crippen LogP contribution is 2.32. The molecule has 1 saturated heterocycles. The average Bonchev–Trinajstić information content (AvgIpc) is 2.52. The van der Waals surface area contributed by atoms with Gasteiger partial charge in [-0.15, -0.1) is 0 Å². The van der Waals surface area contributed by atoms with Gasteiger partial charge in [-0.25, -0.2) is 0 Å². The Morgan fingerprint density at radius 1 is 1.20 bits per heavy atom. The van der Waals surface area contributed by atoms with Crippen LogP contribution in [0.15, 0.2) is 36.0 Å². The van der Waals surface area contributed by atoms with Crippen LogP contribution in [0.3, 0.4) is 0 Å². The van der Waals surface area contributed by atoms with Gasteiger partial charge in [-0.2, -0.15) is 0 Å². The lowest BCUT2D eigenvalue weighted by molar-refractivity contribution is -0.0275. The summed E-state index contributed by atoms with van der Waals surface area (Å²) in [6.07, 6.45) is 11.0.